The van der Waals surface area contributed by atoms with E-state index in [1.165, 1.54) is 22.9 Å². The Morgan fingerprint density at radius 1 is 1.20 bits per heavy atom. The maximum absolute atomic E-state index is 12.7. The number of aliphatic hydroxyl groups excluding tert-OH is 1. The van der Waals surface area contributed by atoms with Gasteiger partial charge >= 0.3 is 0 Å². The van der Waals surface area contributed by atoms with Gasteiger partial charge in [-0.1, -0.05) is 29.5 Å². The average molecular weight is 356 g/mol. The van der Waals surface area contributed by atoms with Crippen LogP contribution < -0.4 is 5.32 Å². The van der Waals surface area contributed by atoms with Crippen molar-refractivity contribution in [3.8, 4) is 0 Å². The number of aryl methyl sites for hydroxylation is 2. The smallest absolute Gasteiger partial charge is 0.254 e. The standard InChI is InChI=1S/C20H24N2O2S/c1-13-5-10-18(14(2)12-13)25-20-17(4-3-11-21-20)19(24)22-15-6-8-16(23)9-7-15/h3-5,10-12,15-16,23H,6-9H2,1-2H3,(H,22,24). The SMILES string of the molecule is Cc1ccc(Sc2ncccc2C(=O)NC2CCC(O)CC2)c(C)c1. The van der Waals surface area contributed by atoms with Crippen LogP contribution in [0.2, 0.25) is 0 Å². The van der Waals surface area contributed by atoms with Crippen molar-refractivity contribution >= 4 is 17.7 Å². The highest BCUT2D eigenvalue weighted by Gasteiger charge is 2.22. The van der Waals surface area contributed by atoms with Crippen LogP contribution in [0.25, 0.3) is 0 Å². The van der Waals surface area contributed by atoms with Gasteiger partial charge in [0.15, 0.2) is 0 Å². The molecule has 0 spiro atoms. The summed E-state index contributed by atoms with van der Waals surface area (Å²) < 4.78 is 0. The van der Waals surface area contributed by atoms with E-state index in [1.54, 1.807) is 12.3 Å². The molecule has 4 nitrogen and oxygen atoms in total. The second kappa shape index (κ2) is 8.02. The molecular weight excluding hydrogens is 332 g/mol. The Hall–Kier alpha value is -1.85. The second-order valence-electron chi connectivity index (χ2n) is 6.71. The molecule has 1 aliphatic rings. The lowest BCUT2D eigenvalue weighted by atomic mass is 9.93. The number of benzene rings is 1. The first-order valence-corrected chi connectivity index (χ1v) is 9.53. The van der Waals surface area contributed by atoms with Crippen molar-refractivity contribution in [3.05, 3.63) is 53.2 Å². The predicted octanol–water partition coefficient (Wildman–Crippen LogP) is 3.88. The average Bonchev–Trinajstić information content (AvgIpc) is 2.60. The molecule has 1 aromatic heterocycles. The largest absolute Gasteiger partial charge is 0.393 e. The monoisotopic (exact) mass is 356 g/mol. The predicted molar refractivity (Wildman–Crippen MR) is 100 cm³/mol. The molecule has 0 radical (unpaired) electrons. The Kier molecular flexibility index (Phi) is 5.76. The molecule has 0 bridgehead atoms. The molecule has 2 N–H and O–H groups in total. The van der Waals surface area contributed by atoms with Gasteiger partial charge in [0.25, 0.3) is 5.91 Å². The minimum absolute atomic E-state index is 0.0817. The van der Waals surface area contributed by atoms with Crippen molar-refractivity contribution in [3.63, 3.8) is 0 Å². The summed E-state index contributed by atoms with van der Waals surface area (Å²) in [6.45, 7) is 4.15. The van der Waals surface area contributed by atoms with Gasteiger partial charge in [0, 0.05) is 17.1 Å². The van der Waals surface area contributed by atoms with Crippen LogP contribution in [-0.2, 0) is 0 Å². The number of rotatable bonds is 4. The minimum Gasteiger partial charge on any atom is -0.393 e. The summed E-state index contributed by atoms with van der Waals surface area (Å²) in [5, 5.41) is 13.4. The van der Waals surface area contributed by atoms with Crippen LogP contribution in [0, 0.1) is 13.8 Å². The first kappa shape index (κ1) is 18.0. The van der Waals surface area contributed by atoms with Crippen molar-refractivity contribution in [2.75, 3.05) is 0 Å². The van der Waals surface area contributed by atoms with Crippen molar-refractivity contribution in [1.82, 2.24) is 10.3 Å². The summed E-state index contributed by atoms with van der Waals surface area (Å²) in [6.07, 6.45) is 4.66. The Bertz CT molecular complexity index is 755. The Balaban J connectivity index is 1.75. The van der Waals surface area contributed by atoms with Crippen molar-refractivity contribution in [2.45, 2.75) is 61.6 Å². The summed E-state index contributed by atoms with van der Waals surface area (Å²) >= 11 is 1.53. The molecule has 0 atom stereocenters. The number of nitrogens with one attached hydrogen (secondary N) is 1. The van der Waals surface area contributed by atoms with E-state index in [2.05, 4.69) is 42.3 Å². The highest BCUT2D eigenvalue weighted by molar-refractivity contribution is 7.99. The maximum atomic E-state index is 12.7. The van der Waals surface area contributed by atoms with E-state index in [0.29, 0.717) is 5.56 Å². The molecule has 1 heterocycles. The number of carbonyl (C=O) groups is 1. The maximum Gasteiger partial charge on any atom is 0.254 e. The topological polar surface area (TPSA) is 62.2 Å². The number of hydrogen-bond donors (Lipinski definition) is 2. The quantitative estimate of drug-likeness (QED) is 0.873. The van der Waals surface area contributed by atoms with Crippen LogP contribution in [0.5, 0.6) is 0 Å². The number of hydrogen-bond acceptors (Lipinski definition) is 4. The number of aromatic nitrogens is 1. The third kappa shape index (κ3) is 4.61. The summed E-state index contributed by atoms with van der Waals surface area (Å²) in [6, 6.07) is 10.0. The molecule has 132 valence electrons. The highest BCUT2D eigenvalue weighted by atomic mass is 32.2. The molecule has 2 aromatic rings. The van der Waals surface area contributed by atoms with Gasteiger partial charge in [-0.15, -0.1) is 0 Å². The van der Waals surface area contributed by atoms with Crippen LogP contribution in [0.4, 0.5) is 0 Å². The van der Waals surface area contributed by atoms with Gasteiger partial charge in [0.1, 0.15) is 5.03 Å². The Morgan fingerprint density at radius 2 is 1.96 bits per heavy atom. The van der Waals surface area contributed by atoms with Crippen LogP contribution in [0.1, 0.15) is 47.2 Å². The molecule has 1 amide bonds. The van der Waals surface area contributed by atoms with E-state index in [1.807, 2.05) is 6.07 Å². The molecule has 1 aliphatic carbocycles. The third-order valence-corrected chi connectivity index (χ3v) is 5.78. The summed E-state index contributed by atoms with van der Waals surface area (Å²) in [5.41, 5.74) is 3.02. The van der Waals surface area contributed by atoms with E-state index < -0.39 is 0 Å². The van der Waals surface area contributed by atoms with Crippen LogP contribution >= 0.6 is 11.8 Å². The fraction of sp³-hybridized carbons (Fsp3) is 0.400. The van der Waals surface area contributed by atoms with Gasteiger partial charge in [-0.05, 0) is 63.3 Å². The van der Waals surface area contributed by atoms with Gasteiger partial charge in [0.2, 0.25) is 0 Å². The van der Waals surface area contributed by atoms with E-state index >= 15 is 0 Å². The molecule has 1 saturated carbocycles. The lowest BCUT2D eigenvalue weighted by molar-refractivity contribution is 0.0864. The molecule has 5 heteroatoms. The summed E-state index contributed by atoms with van der Waals surface area (Å²) in [5.74, 6) is -0.0817. The second-order valence-corrected chi connectivity index (χ2v) is 7.74. The molecule has 0 aliphatic heterocycles. The first-order valence-electron chi connectivity index (χ1n) is 8.72. The van der Waals surface area contributed by atoms with Crippen LogP contribution in [-0.4, -0.2) is 28.1 Å². The van der Waals surface area contributed by atoms with Crippen LogP contribution in [0.15, 0.2) is 46.5 Å². The first-order chi connectivity index (χ1) is 12.0. The van der Waals surface area contributed by atoms with E-state index in [4.69, 9.17) is 0 Å². The fourth-order valence-corrected chi connectivity index (χ4v) is 4.09. The molecule has 0 saturated heterocycles. The lowest BCUT2D eigenvalue weighted by Crippen LogP contribution is -2.38. The van der Waals surface area contributed by atoms with E-state index in [0.717, 1.165) is 35.6 Å². The molecular formula is C20H24N2O2S. The minimum atomic E-state index is -0.220. The lowest BCUT2D eigenvalue weighted by Gasteiger charge is -2.26. The van der Waals surface area contributed by atoms with Crippen molar-refractivity contribution in [1.29, 1.82) is 0 Å². The number of aliphatic hydroxyl groups is 1. The molecule has 1 fully saturated rings. The van der Waals surface area contributed by atoms with E-state index in [9.17, 15) is 9.90 Å². The van der Waals surface area contributed by atoms with Crippen molar-refractivity contribution in [2.24, 2.45) is 0 Å². The number of amides is 1. The zero-order chi connectivity index (χ0) is 17.8. The molecule has 0 unspecified atom stereocenters. The Morgan fingerprint density at radius 3 is 2.68 bits per heavy atom. The zero-order valence-corrected chi connectivity index (χ0v) is 15.5. The zero-order valence-electron chi connectivity index (χ0n) is 14.7. The van der Waals surface area contributed by atoms with Crippen molar-refractivity contribution < 1.29 is 9.90 Å². The number of nitrogens with zero attached hydrogens (tertiary/aromatic N) is 1. The van der Waals surface area contributed by atoms with Gasteiger partial charge in [-0.25, -0.2) is 4.98 Å². The third-order valence-electron chi connectivity index (χ3n) is 4.58. The van der Waals surface area contributed by atoms with Gasteiger partial charge < -0.3 is 10.4 Å². The summed E-state index contributed by atoms with van der Waals surface area (Å²) in [4.78, 5) is 18.3. The van der Waals surface area contributed by atoms with E-state index in [-0.39, 0.29) is 18.1 Å². The molecule has 25 heavy (non-hydrogen) atoms. The van der Waals surface area contributed by atoms with Gasteiger partial charge in [-0.3, -0.25) is 4.79 Å². The van der Waals surface area contributed by atoms with Gasteiger partial charge in [-0.2, -0.15) is 0 Å². The molecule has 1 aromatic carbocycles. The van der Waals surface area contributed by atoms with Gasteiger partial charge in [0.05, 0.1) is 11.7 Å². The summed E-state index contributed by atoms with van der Waals surface area (Å²) in [7, 11) is 0. The number of pyridine rings is 1. The Labute approximate surface area is 153 Å². The highest BCUT2D eigenvalue weighted by Crippen LogP contribution is 2.31. The number of carbonyl (C=O) groups excluding carboxylic acids is 1. The fourth-order valence-electron chi connectivity index (χ4n) is 3.15. The molecule has 3 rings (SSSR count). The van der Waals surface area contributed by atoms with Crippen LogP contribution in [0.3, 0.4) is 0 Å². The normalized spacial score (nSPS) is 20.3.